The van der Waals surface area contributed by atoms with Crippen molar-refractivity contribution in [1.82, 2.24) is 0 Å². The molecule has 0 spiro atoms. The van der Waals surface area contributed by atoms with Gasteiger partial charge in [0.15, 0.2) is 6.29 Å². The standard InChI is InChI=1S/C10H20O6/c1-12-7-6(5-11)16-10(15-4)9(14-3)8(7)13-2/h6-11H,5H2,1-4H3/t6-,7-,8+,9-,10?/m1/s1. The van der Waals surface area contributed by atoms with Crippen molar-refractivity contribution in [2.45, 2.75) is 30.7 Å². The zero-order valence-corrected chi connectivity index (χ0v) is 10.1. The van der Waals surface area contributed by atoms with E-state index in [9.17, 15) is 5.11 Å². The Labute approximate surface area is 95.4 Å². The highest BCUT2D eigenvalue weighted by Crippen LogP contribution is 2.27. The number of hydrogen-bond donors (Lipinski definition) is 1. The Balaban J connectivity index is 2.85. The quantitative estimate of drug-likeness (QED) is 0.687. The van der Waals surface area contributed by atoms with Crippen molar-refractivity contribution in [3.8, 4) is 0 Å². The molecule has 6 heteroatoms. The predicted octanol–water partition coefficient (Wildman–Crippen LogP) is -0.605. The Hall–Kier alpha value is -0.240. The van der Waals surface area contributed by atoms with Crippen LogP contribution >= 0.6 is 0 Å². The highest BCUT2D eigenvalue weighted by molar-refractivity contribution is 4.91. The van der Waals surface area contributed by atoms with E-state index in [1.54, 1.807) is 21.3 Å². The summed E-state index contributed by atoms with van der Waals surface area (Å²) < 4.78 is 26.6. The Bertz CT molecular complexity index is 182. The van der Waals surface area contributed by atoms with Gasteiger partial charge >= 0.3 is 0 Å². The Morgan fingerprint density at radius 3 is 1.81 bits per heavy atom. The van der Waals surface area contributed by atoms with E-state index in [0.29, 0.717) is 0 Å². The maximum Gasteiger partial charge on any atom is 0.186 e. The monoisotopic (exact) mass is 236 g/mol. The lowest BCUT2D eigenvalue weighted by atomic mass is 9.98. The fraction of sp³-hybridized carbons (Fsp3) is 1.00. The van der Waals surface area contributed by atoms with Gasteiger partial charge in [-0.1, -0.05) is 0 Å². The second kappa shape index (κ2) is 6.48. The van der Waals surface area contributed by atoms with Crippen molar-refractivity contribution in [2.24, 2.45) is 0 Å². The summed E-state index contributed by atoms with van der Waals surface area (Å²) in [5.41, 5.74) is 0. The third-order valence-corrected chi connectivity index (χ3v) is 2.82. The van der Waals surface area contributed by atoms with Gasteiger partial charge in [0.25, 0.3) is 0 Å². The lowest BCUT2D eigenvalue weighted by molar-refractivity contribution is -0.306. The van der Waals surface area contributed by atoms with Crippen LogP contribution < -0.4 is 0 Å². The average Bonchev–Trinajstić information content (AvgIpc) is 2.35. The Morgan fingerprint density at radius 2 is 1.44 bits per heavy atom. The van der Waals surface area contributed by atoms with E-state index >= 15 is 0 Å². The molecule has 0 radical (unpaired) electrons. The van der Waals surface area contributed by atoms with E-state index in [2.05, 4.69) is 0 Å². The molecule has 1 fully saturated rings. The van der Waals surface area contributed by atoms with Crippen LogP contribution in [-0.4, -0.2) is 70.9 Å². The summed E-state index contributed by atoms with van der Waals surface area (Å²) >= 11 is 0. The third-order valence-electron chi connectivity index (χ3n) is 2.82. The zero-order valence-electron chi connectivity index (χ0n) is 10.1. The first kappa shape index (κ1) is 13.8. The van der Waals surface area contributed by atoms with E-state index in [1.165, 1.54) is 7.11 Å². The molecular formula is C10H20O6. The normalized spacial score (nSPS) is 39.9. The number of aliphatic hydroxyl groups excluding tert-OH is 1. The molecule has 96 valence electrons. The van der Waals surface area contributed by atoms with Gasteiger partial charge in [0, 0.05) is 28.4 Å². The van der Waals surface area contributed by atoms with Crippen LogP contribution in [0.2, 0.25) is 0 Å². The van der Waals surface area contributed by atoms with Crippen LogP contribution in [0.5, 0.6) is 0 Å². The number of rotatable bonds is 5. The largest absolute Gasteiger partial charge is 0.394 e. The topological polar surface area (TPSA) is 66.4 Å². The van der Waals surface area contributed by atoms with E-state index in [4.69, 9.17) is 23.7 Å². The maximum absolute atomic E-state index is 9.22. The molecule has 1 aliphatic heterocycles. The molecule has 0 saturated carbocycles. The summed E-state index contributed by atoms with van der Waals surface area (Å²) in [5, 5.41) is 9.22. The summed E-state index contributed by atoms with van der Waals surface area (Å²) in [6.45, 7) is -0.158. The van der Waals surface area contributed by atoms with Crippen LogP contribution in [0, 0.1) is 0 Å². The van der Waals surface area contributed by atoms with Crippen molar-refractivity contribution in [3.63, 3.8) is 0 Å². The van der Waals surface area contributed by atoms with E-state index < -0.39 is 12.4 Å². The molecule has 1 rings (SSSR count). The zero-order chi connectivity index (χ0) is 12.1. The molecule has 0 aliphatic carbocycles. The maximum atomic E-state index is 9.22. The van der Waals surface area contributed by atoms with Crippen LogP contribution in [0.15, 0.2) is 0 Å². The minimum absolute atomic E-state index is 0.158. The second-order valence-electron chi connectivity index (χ2n) is 3.56. The fourth-order valence-electron chi connectivity index (χ4n) is 2.02. The first-order valence-electron chi connectivity index (χ1n) is 5.11. The minimum atomic E-state index is -0.571. The van der Waals surface area contributed by atoms with Gasteiger partial charge in [-0.2, -0.15) is 0 Å². The SMILES string of the molecule is COC1O[C@H](CO)[C@@H](OC)[C@H](OC)[C@H]1OC. The van der Waals surface area contributed by atoms with Gasteiger partial charge < -0.3 is 28.8 Å². The highest BCUT2D eigenvalue weighted by atomic mass is 16.7. The van der Waals surface area contributed by atoms with Crippen molar-refractivity contribution in [1.29, 1.82) is 0 Å². The summed E-state index contributed by atoms with van der Waals surface area (Å²) in [7, 11) is 6.18. The van der Waals surface area contributed by atoms with Gasteiger partial charge in [-0.25, -0.2) is 0 Å². The molecule has 1 unspecified atom stereocenters. The molecule has 0 aromatic rings. The van der Waals surface area contributed by atoms with Crippen molar-refractivity contribution in [2.75, 3.05) is 35.0 Å². The lowest BCUT2D eigenvalue weighted by Crippen LogP contribution is -2.60. The molecule has 1 aliphatic rings. The van der Waals surface area contributed by atoms with Gasteiger partial charge in [-0.3, -0.25) is 0 Å². The molecular weight excluding hydrogens is 216 g/mol. The third kappa shape index (κ3) is 2.53. The van der Waals surface area contributed by atoms with E-state index in [1.807, 2.05) is 0 Å². The first-order chi connectivity index (χ1) is 7.73. The van der Waals surface area contributed by atoms with Crippen LogP contribution in [0.4, 0.5) is 0 Å². The van der Waals surface area contributed by atoms with Crippen LogP contribution in [0.3, 0.4) is 0 Å². The van der Waals surface area contributed by atoms with Crippen molar-refractivity contribution in [3.05, 3.63) is 0 Å². The number of ether oxygens (including phenoxy) is 5. The summed E-state index contributed by atoms with van der Waals surface area (Å²) in [6, 6.07) is 0. The number of hydrogen-bond acceptors (Lipinski definition) is 6. The van der Waals surface area contributed by atoms with Gasteiger partial charge in [-0.15, -0.1) is 0 Å². The van der Waals surface area contributed by atoms with E-state index in [-0.39, 0.29) is 24.9 Å². The molecule has 1 heterocycles. The Morgan fingerprint density at radius 1 is 0.875 bits per heavy atom. The van der Waals surface area contributed by atoms with Crippen LogP contribution in [-0.2, 0) is 23.7 Å². The molecule has 6 nitrogen and oxygen atoms in total. The van der Waals surface area contributed by atoms with Crippen LogP contribution in [0.1, 0.15) is 0 Å². The molecule has 1 saturated heterocycles. The molecule has 0 aromatic heterocycles. The minimum Gasteiger partial charge on any atom is -0.394 e. The lowest BCUT2D eigenvalue weighted by Gasteiger charge is -2.43. The smallest absolute Gasteiger partial charge is 0.186 e. The average molecular weight is 236 g/mol. The second-order valence-corrected chi connectivity index (χ2v) is 3.56. The van der Waals surface area contributed by atoms with Crippen LogP contribution in [0.25, 0.3) is 0 Å². The van der Waals surface area contributed by atoms with Gasteiger partial charge in [-0.05, 0) is 0 Å². The van der Waals surface area contributed by atoms with Crippen molar-refractivity contribution < 1.29 is 28.8 Å². The molecule has 16 heavy (non-hydrogen) atoms. The van der Waals surface area contributed by atoms with E-state index in [0.717, 1.165) is 0 Å². The van der Waals surface area contributed by atoms with Crippen molar-refractivity contribution >= 4 is 0 Å². The molecule has 0 bridgehead atoms. The Kier molecular flexibility index (Phi) is 5.60. The van der Waals surface area contributed by atoms with Gasteiger partial charge in [0.05, 0.1) is 6.61 Å². The molecule has 0 amide bonds. The first-order valence-corrected chi connectivity index (χ1v) is 5.11. The van der Waals surface area contributed by atoms with Gasteiger partial charge in [0.2, 0.25) is 0 Å². The molecule has 1 N–H and O–H groups in total. The van der Waals surface area contributed by atoms with Gasteiger partial charge in [0.1, 0.15) is 24.4 Å². The highest BCUT2D eigenvalue weighted by Gasteiger charge is 2.46. The molecule has 5 atom stereocenters. The predicted molar refractivity (Wildman–Crippen MR) is 55.1 cm³/mol. The number of methoxy groups -OCH3 is 4. The summed E-state index contributed by atoms with van der Waals surface area (Å²) in [6.07, 6.45) is -2.16. The summed E-state index contributed by atoms with van der Waals surface area (Å²) in [5.74, 6) is 0. The summed E-state index contributed by atoms with van der Waals surface area (Å²) in [4.78, 5) is 0. The fourth-order valence-corrected chi connectivity index (χ4v) is 2.02. The molecule has 0 aromatic carbocycles. The number of aliphatic hydroxyl groups is 1.